The zero-order valence-corrected chi connectivity index (χ0v) is 11.5. The molecule has 0 saturated heterocycles. The molecule has 18 heavy (non-hydrogen) atoms. The maximum absolute atomic E-state index is 5.24. The van der Waals surface area contributed by atoms with E-state index in [0.717, 1.165) is 35.2 Å². The van der Waals surface area contributed by atoms with E-state index >= 15 is 0 Å². The Bertz CT molecular complexity index is 513. The number of hydrogen-bond donors (Lipinski definition) is 1. The van der Waals surface area contributed by atoms with Crippen LogP contribution in [0.2, 0.25) is 0 Å². The maximum atomic E-state index is 5.24. The fraction of sp³-hybridized carbons (Fsp3) is 0.417. The third-order valence-corrected chi connectivity index (χ3v) is 3.37. The first-order valence-electron chi connectivity index (χ1n) is 5.93. The smallest absolute Gasteiger partial charge is 0.261 e. The zero-order chi connectivity index (χ0) is 13.0. The lowest BCUT2D eigenvalue weighted by molar-refractivity contribution is 0.454. The van der Waals surface area contributed by atoms with Gasteiger partial charge in [0.2, 0.25) is 0 Å². The molecule has 0 aliphatic carbocycles. The van der Waals surface area contributed by atoms with Gasteiger partial charge in [-0.2, -0.15) is 0 Å². The van der Waals surface area contributed by atoms with Crippen molar-refractivity contribution in [2.45, 2.75) is 37.4 Å². The minimum atomic E-state index is 0.598. The zero-order valence-electron chi connectivity index (χ0n) is 10.7. The molecule has 2 aromatic heterocycles. The summed E-state index contributed by atoms with van der Waals surface area (Å²) >= 11 is 1.42. The average Bonchev–Trinajstić information content (AvgIpc) is 2.87. The van der Waals surface area contributed by atoms with Crippen molar-refractivity contribution in [3.05, 3.63) is 23.8 Å². The molecule has 1 N–H and O–H groups in total. The molecule has 0 spiro atoms. The summed E-state index contributed by atoms with van der Waals surface area (Å²) in [6, 6.07) is 0. The normalized spacial score (nSPS) is 10.6. The summed E-state index contributed by atoms with van der Waals surface area (Å²) in [5.74, 6) is 1.71. The van der Waals surface area contributed by atoms with E-state index in [4.69, 9.17) is 4.42 Å². The van der Waals surface area contributed by atoms with E-state index < -0.39 is 0 Å². The molecule has 0 aliphatic heterocycles. The van der Waals surface area contributed by atoms with Crippen LogP contribution in [0, 0.1) is 6.92 Å². The Morgan fingerprint density at radius 3 is 2.78 bits per heavy atom. The lowest BCUT2D eigenvalue weighted by Crippen LogP contribution is -2.07. The van der Waals surface area contributed by atoms with Crippen LogP contribution in [0.15, 0.2) is 27.1 Å². The predicted molar refractivity (Wildman–Crippen MR) is 70.9 cm³/mol. The summed E-state index contributed by atoms with van der Waals surface area (Å²) < 4.78 is 5.24. The van der Waals surface area contributed by atoms with Crippen LogP contribution in [-0.2, 0) is 6.42 Å². The summed E-state index contributed by atoms with van der Waals surface area (Å²) in [6.07, 6.45) is 3.99. The molecule has 0 amide bonds. The molecule has 6 heteroatoms. The van der Waals surface area contributed by atoms with Crippen LogP contribution < -0.4 is 5.32 Å². The number of oxazole rings is 1. The number of aromatic nitrogens is 3. The minimum Gasteiger partial charge on any atom is -0.440 e. The Balaban J connectivity index is 2.35. The van der Waals surface area contributed by atoms with Gasteiger partial charge in [0.15, 0.2) is 0 Å². The molecule has 0 atom stereocenters. The molecule has 0 unspecified atom stereocenters. The third kappa shape index (κ3) is 2.81. The van der Waals surface area contributed by atoms with E-state index in [2.05, 4.69) is 20.3 Å². The van der Waals surface area contributed by atoms with Crippen LogP contribution in [0.5, 0.6) is 0 Å². The van der Waals surface area contributed by atoms with E-state index in [0.29, 0.717) is 5.22 Å². The SMILES string of the molecule is CCNc1nc(CC)nc(Sc2ncco2)c1C. The van der Waals surface area contributed by atoms with E-state index in [1.807, 2.05) is 20.8 Å². The second-order valence-electron chi connectivity index (χ2n) is 3.70. The van der Waals surface area contributed by atoms with Gasteiger partial charge in [0.05, 0.1) is 6.20 Å². The van der Waals surface area contributed by atoms with Crippen molar-refractivity contribution in [3.63, 3.8) is 0 Å². The summed E-state index contributed by atoms with van der Waals surface area (Å²) in [4.78, 5) is 13.1. The Morgan fingerprint density at radius 2 is 2.17 bits per heavy atom. The Kier molecular flexibility index (Phi) is 4.19. The number of hydrogen-bond acceptors (Lipinski definition) is 6. The Hall–Kier alpha value is -1.56. The van der Waals surface area contributed by atoms with Gasteiger partial charge in [0.25, 0.3) is 5.22 Å². The van der Waals surface area contributed by atoms with E-state index in [1.165, 1.54) is 11.8 Å². The molecule has 5 nitrogen and oxygen atoms in total. The van der Waals surface area contributed by atoms with Crippen molar-refractivity contribution < 1.29 is 4.42 Å². The second-order valence-corrected chi connectivity index (χ2v) is 4.64. The number of nitrogens with one attached hydrogen (secondary N) is 1. The lowest BCUT2D eigenvalue weighted by atomic mass is 10.3. The van der Waals surface area contributed by atoms with Gasteiger partial charge < -0.3 is 9.73 Å². The van der Waals surface area contributed by atoms with Gasteiger partial charge in [-0.25, -0.2) is 15.0 Å². The molecule has 0 aromatic carbocycles. The molecule has 2 heterocycles. The maximum Gasteiger partial charge on any atom is 0.261 e. The van der Waals surface area contributed by atoms with Gasteiger partial charge in [0, 0.05) is 18.5 Å². The molecule has 96 valence electrons. The highest BCUT2D eigenvalue weighted by atomic mass is 32.2. The van der Waals surface area contributed by atoms with Gasteiger partial charge in [-0.15, -0.1) is 0 Å². The van der Waals surface area contributed by atoms with Crippen molar-refractivity contribution >= 4 is 17.6 Å². The summed E-state index contributed by atoms with van der Waals surface area (Å²) in [6.45, 7) is 6.93. The highest BCUT2D eigenvalue weighted by Crippen LogP contribution is 2.30. The van der Waals surface area contributed by atoms with Crippen LogP contribution in [-0.4, -0.2) is 21.5 Å². The van der Waals surface area contributed by atoms with Crippen LogP contribution in [0.1, 0.15) is 25.2 Å². The number of anilines is 1. The highest BCUT2D eigenvalue weighted by molar-refractivity contribution is 7.99. The molecular formula is C12H16N4OS. The largest absolute Gasteiger partial charge is 0.440 e. The predicted octanol–water partition coefficient (Wildman–Crippen LogP) is 2.92. The summed E-state index contributed by atoms with van der Waals surface area (Å²) in [5.41, 5.74) is 1.03. The molecule has 2 rings (SSSR count). The first-order valence-corrected chi connectivity index (χ1v) is 6.75. The average molecular weight is 264 g/mol. The topological polar surface area (TPSA) is 63.8 Å². The molecule has 0 radical (unpaired) electrons. The second kappa shape index (κ2) is 5.86. The summed E-state index contributed by atoms with van der Waals surface area (Å²) in [5, 5.41) is 4.74. The molecule has 2 aromatic rings. The van der Waals surface area contributed by atoms with Gasteiger partial charge in [0.1, 0.15) is 22.9 Å². The molecular weight excluding hydrogens is 248 g/mol. The summed E-state index contributed by atoms with van der Waals surface area (Å²) in [7, 11) is 0. The van der Waals surface area contributed by atoms with Crippen molar-refractivity contribution in [3.8, 4) is 0 Å². The van der Waals surface area contributed by atoms with Gasteiger partial charge in [-0.1, -0.05) is 6.92 Å². The van der Waals surface area contributed by atoms with Gasteiger partial charge in [-0.05, 0) is 25.6 Å². The fourth-order valence-electron chi connectivity index (χ4n) is 1.48. The lowest BCUT2D eigenvalue weighted by Gasteiger charge is -2.11. The monoisotopic (exact) mass is 264 g/mol. The van der Waals surface area contributed by atoms with Crippen LogP contribution >= 0.6 is 11.8 Å². The molecule has 0 saturated carbocycles. The molecule has 0 fully saturated rings. The highest BCUT2D eigenvalue weighted by Gasteiger charge is 2.12. The first-order chi connectivity index (χ1) is 8.74. The molecule has 0 aliphatic rings. The Labute approximate surface area is 110 Å². The van der Waals surface area contributed by atoms with Gasteiger partial charge >= 0.3 is 0 Å². The van der Waals surface area contributed by atoms with Crippen LogP contribution in [0.3, 0.4) is 0 Å². The Morgan fingerprint density at radius 1 is 1.33 bits per heavy atom. The molecule has 0 bridgehead atoms. The number of aryl methyl sites for hydroxylation is 1. The van der Waals surface area contributed by atoms with E-state index in [1.54, 1.807) is 12.5 Å². The van der Waals surface area contributed by atoms with Crippen LogP contribution in [0.25, 0.3) is 0 Å². The van der Waals surface area contributed by atoms with E-state index in [-0.39, 0.29) is 0 Å². The van der Waals surface area contributed by atoms with Crippen molar-refractivity contribution in [2.24, 2.45) is 0 Å². The van der Waals surface area contributed by atoms with Crippen molar-refractivity contribution in [1.29, 1.82) is 0 Å². The van der Waals surface area contributed by atoms with Gasteiger partial charge in [-0.3, -0.25) is 0 Å². The third-order valence-electron chi connectivity index (χ3n) is 2.40. The number of rotatable bonds is 5. The van der Waals surface area contributed by atoms with E-state index in [9.17, 15) is 0 Å². The fourth-order valence-corrected chi connectivity index (χ4v) is 2.26. The standard InChI is InChI=1S/C12H16N4OS/c1-4-9-15-10(13-5-2)8(3)11(16-9)18-12-14-6-7-17-12/h6-7H,4-5H2,1-3H3,(H,13,15,16). The van der Waals surface area contributed by atoms with Crippen molar-refractivity contribution in [1.82, 2.24) is 15.0 Å². The van der Waals surface area contributed by atoms with Crippen molar-refractivity contribution in [2.75, 3.05) is 11.9 Å². The van der Waals surface area contributed by atoms with Crippen LogP contribution in [0.4, 0.5) is 5.82 Å². The number of nitrogens with zero attached hydrogens (tertiary/aromatic N) is 3. The quantitative estimate of drug-likeness (QED) is 0.838. The first kappa shape index (κ1) is 12.9. The minimum absolute atomic E-state index is 0.598.